The maximum Gasteiger partial charge on any atom is 0.251 e. The molecule has 0 spiro atoms. The van der Waals surface area contributed by atoms with Gasteiger partial charge in [-0.25, -0.2) is 0 Å². The molecule has 2 aliphatic heterocycles. The van der Waals surface area contributed by atoms with Crippen molar-refractivity contribution in [2.45, 2.75) is 44.3 Å². The molecule has 0 aromatic heterocycles. The monoisotopic (exact) mass is 349 g/mol. The fraction of sp³-hybridized carbons (Fsp3) is 0.409. The lowest BCUT2D eigenvalue weighted by atomic mass is 9.97. The first-order valence-electron chi connectivity index (χ1n) is 9.71. The second kappa shape index (κ2) is 7.92. The molecule has 4 heteroatoms. The van der Waals surface area contributed by atoms with E-state index in [0.717, 1.165) is 17.3 Å². The largest absolute Gasteiger partial charge is 0.382 e. The van der Waals surface area contributed by atoms with Crippen molar-refractivity contribution >= 4 is 11.6 Å². The Kier molecular flexibility index (Phi) is 5.21. The molecule has 136 valence electrons. The van der Waals surface area contributed by atoms with E-state index >= 15 is 0 Å². The molecular weight excluding hydrogens is 322 g/mol. The molecule has 2 N–H and O–H groups in total. The Bertz CT molecular complexity index is 746. The number of benzene rings is 2. The number of carbonyl (C=O) groups is 1. The van der Waals surface area contributed by atoms with Crippen molar-refractivity contribution in [1.29, 1.82) is 0 Å². The number of hydrogen-bond donors (Lipinski definition) is 2. The lowest BCUT2D eigenvalue weighted by Gasteiger charge is -2.35. The Balaban J connectivity index is 1.34. The number of rotatable bonds is 5. The third-order valence-electron chi connectivity index (χ3n) is 5.61. The lowest BCUT2D eigenvalue weighted by molar-refractivity contribution is 0.0951. The fourth-order valence-electron chi connectivity index (χ4n) is 4.22. The van der Waals surface area contributed by atoms with Crippen LogP contribution in [0.1, 0.15) is 41.6 Å². The van der Waals surface area contributed by atoms with Crippen molar-refractivity contribution in [1.82, 2.24) is 10.2 Å². The molecule has 0 bridgehead atoms. The minimum atomic E-state index is -0.0249. The van der Waals surface area contributed by atoms with Gasteiger partial charge >= 0.3 is 0 Å². The quantitative estimate of drug-likeness (QED) is 0.866. The number of nitrogens with zero attached hydrogens (tertiary/aromatic N) is 1. The van der Waals surface area contributed by atoms with E-state index in [1.807, 2.05) is 48.5 Å². The Morgan fingerprint density at radius 2 is 1.92 bits per heavy atom. The Labute approximate surface area is 155 Å². The van der Waals surface area contributed by atoms with Gasteiger partial charge in [0.05, 0.1) is 0 Å². The van der Waals surface area contributed by atoms with Gasteiger partial charge < -0.3 is 15.5 Å². The van der Waals surface area contributed by atoms with Gasteiger partial charge in [0.2, 0.25) is 0 Å². The second-order valence-corrected chi connectivity index (χ2v) is 7.45. The van der Waals surface area contributed by atoms with Crippen LogP contribution >= 0.6 is 0 Å². The van der Waals surface area contributed by atoms with Crippen LogP contribution in [0.15, 0.2) is 54.6 Å². The molecule has 1 amide bonds. The summed E-state index contributed by atoms with van der Waals surface area (Å²) in [6, 6.07) is 19.1. The van der Waals surface area contributed by atoms with Crippen LogP contribution in [0, 0.1) is 0 Å². The SMILES string of the molecule is O=C(NCc1ccccc1)c1cccc(NC2CCN3CCCC3C2)c1. The highest BCUT2D eigenvalue weighted by Gasteiger charge is 2.31. The summed E-state index contributed by atoms with van der Waals surface area (Å²) in [5.74, 6) is -0.0249. The molecule has 4 nitrogen and oxygen atoms in total. The fourth-order valence-corrected chi connectivity index (χ4v) is 4.22. The number of nitrogens with one attached hydrogen (secondary N) is 2. The molecule has 2 aliphatic rings. The molecule has 2 fully saturated rings. The summed E-state index contributed by atoms with van der Waals surface area (Å²) in [5.41, 5.74) is 2.87. The van der Waals surface area contributed by atoms with Crippen LogP contribution in [0.25, 0.3) is 0 Å². The first-order valence-corrected chi connectivity index (χ1v) is 9.71. The van der Waals surface area contributed by atoms with Crippen LogP contribution in [0.3, 0.4) is 0 Å². The third-order valence-corrected chi connectivity index (χ3v) is 5.61. The molecule has 2 unspecified atom stereocenters. The lowest BCUT2D eigenvalue weighted by Crippen LogP contribution is -2.42. The summed E-state index contributed by atoms with van der Waals surface area (Å²) in [6.07, 6.45) is 5.07. The molecular formula is C22H27N3O. The average Bonchev–Trinajstić information content (AvgIpc) is 3.15. The van der Waals surface area contributed by atoms with Crippen LogP contribution in [0.2, 0.25) is 0 Å². The van der Waals surface area contributed by atoms with Crippen LogP contribution in [-0.4, -0.2) is 36.0 Å². The van der Waals surface area contributed by atoms with E-state index in [-0.39, 0.29) is 5.91 Å². The maximum absolute atomic E-state index is 12.5. The highest BCUT2D eigenvalue weighted by atomic mass is 16.1. The summed E-state index contributed by atoms with van der Waals surface area (Å²) in [4.78, 5) is 15.1. The predicted molar refractivity (Wildman–Crippen MR) is 105 cm³/mol. The summed E-state index contributed by atoms with van der Waals surface area (Å²) in [6.45, 7) is 3.02. The van der Waals surface area contributed by atoms with Crippen molar-refractivity contribution in [2.75, 3.05) is 18.4 Å². The number of anilines is 1. The van der Waals surface area contributed by atoms with Crippen molar-refractivity contribution in [3.63, 3.8) is 0 Å². The third kappa shape index (κ3) is 4.07. The summed E-state index contributed by atoms with van der Waals surface area (Å²) in [7, 11) is 0. The zero-order valence-electron chi connectivity index (χ0n) is 15.2. The summed E-state index contributed by atoms with van der Waals surface area (Å²) < 4.78 is 0. The van der Waals surface area contributed by atoms with Gasteiger partial charge in [0.25, 0.3) is 5.91 Å². The number of piperidine rings is 1. The van der Waals surface area contributed by atoms with Crippen LogP contribution in [0.5, 0.6) is 0 Å². The molecule has 0 radical (unpaired) electrons. The molecule has 2 aromatic carbocycles. The van der Waals surface area contributed by atoms with Crippen molar-refractivity contribution in [2.24, 2.45) is 0 Å². The summed E-state index contributed by atoms with van der Waals surface area (Å²) in [5, 5.41) is 6.66. The second-order valence-electron chi connectivity index (χ2n) is 7.45. The Morgan fingerprint density at radius 3 is 2.81 bits per heavy atom. The van der Waals surface area contributed by atoms with Crippen LogP contribution < -0.4 is 10.6 Å². The number of hydrogen-bond acceptors (Lipinski definition) is 3. The van der Waals surface area contributed by atoms with E-state index in [9.17, 15) is 4.79 Å². The van der Waals surface area contributed by atoms with Gasteiger partial charge in [0, 0.05) is 36.4 Å². The smallest absolute Gasteiger partial charge is 0.251 e. The number of fused-ring (bicyclic) bond motifs is 1. The van der Waals surface area contributed by atoms with Gasteiger partial charge in [-0.1, -0.05) is 36.4 Å². The van der Waals surface area contributed by atoms with Gasteiger partial charge in [0.1, 0.15) is 0 Å². The van der Waals surface area contributed by atoms with E-state index < -0.39 is 0 Å². The van der Waals surface area contributed by atoms with E-state index in [0.29, 0.717) is 18.2 Å². The zero-order valence-corrected chi connectivity index (χ0v) is 15.2. The van der Waals surface area contributed by atoms with E-state index in [1.165, 1.54) is 38.8 Å². The standard InChI is InChI=1S/C22H27N3O/c26-22(23-16-17-6-2-1-3-7-17)18-8-4-9-19(14-18)24-20-11-13-25-12-5-10-21(25)15-20/h1-4,6-9,14,20-21,24H,5,10-13,15-16H2,(H,23,26). The van der Waals surface area contributed by atoms with Crippen molar-refractivity contribution < 1.29 is 4.79 Å². The Hall–Kier alpha value is -2.33. The number of carbonyl (C=O) groups excluding carboxylic acids is 1. The van der Waals surface area contributed by atoms with Gasteiger partial charge in [-0.05, 0) is 56.0 Å². The Morgan fingerprint density at radius 1 is 1.04 bits per heavy atom. The van der Waals surface area contributed by atoms with E-state index in [2.05, 4.69) is 21.6 Å². The normalized spacial score (nSPS) is 22.6. The first-order chi connectivity index (χ1) is 12.8. The van der Waals surface area contributed by atoms with Gasteiger partial charge in [-0.3, -0.25) is 4.79 Å². The first kappa shape index (κ1) is 17.1. The van der Waals surface area contributed by atoms with Gasteiger partial charge in [0.15, 0.2) is 0 Å². The van der Waals surface area contributed by atoms with Crippen molar-refractivity contribution in [3.05, 3.63) is 65.7 Å². The van der Waals surface area contributed by atoms with Gasteiger partial charge in [-0.15, -0.1) is 0 Å². The molecule has 0 aliphatic carbocycles. The molecule has 4 rings (SSSR count). The van der Waals surface area contributed by atoms with Gasteiger partial charge in [-0.2, -0.15) is 0 Å². The molecule has 26 heavy (non-hydrogen) atoms. The molecule has 0 saturated carbocycles. The van der Waals surface area contributed by atoms with Crippen LogP contribution in [-0.2, 0) is 6.54 Å². The molecule has 2 aromatic rings. The molecule has 2 heterocycles. The predicted octanol–water partition coefficient (Wildman–Crippen LogP) is 3.66. The molecule has 2 atom stereocenters. The minimum Gasteiger partial charge on any atom is -0.382 e. The average molecular weight is 349 g/mol. The summed E-state index contributed by atoms with van der Waals surface area (Å²) >= 11 is 0. The minimum absolute atomic E-state index is 0.0249. The molecule has 2 saturated heterocycles. The maximum atomic E-state index is 12.5. The topological polar surface area (TPSA) is 44.4 Å². The zero-order chi connectivity index (χ0) is 17.8. The van der Waals surface area contributed by atoms with Crippen molar-refractivity contribution in [3.8, 4) is 0 Å². The highest BCUT2D eigenvalue weighted by molar-refractivity contribution is 5.95. The van der Waals surface area contributed by atoms with E-state index in [4.69, 9.17) is 0 Å². The highest BCUT2D eigenvalue weighted by Crippen LogP contribution is 2.28. The van der Waals surface area contributed by atoms with Crippen LogP contribution in [0.4, 0.5) is 5.69 Å². The number of amides is 1. The van der Waals surface area contributed by atoms with E-state index in [1.54, 1.807) is 0 Å².